The van der Waals surface area contributed by atoms with Crippen LogP contribution in [0.25, 0.3) is 0 Å². The zero-order chi connectivity index (χ0) is 8.81. The van der Waals surface area contributed by atoms with Gasteiger partial charge < -0.3 is 0 Å². The number of rotatable bonds is 5. The molecule has 0 spiro atoms. The first-order valence-corrected chi connectivity index (χ1v) is 6.44. The second-order valence-corrected chi connectivity index (χ2v) is 4.98. The predicted octanol–water partition coefficient (Wildman–Crippen LogP) is 3.53. The molecule has 0 aliphatic rings. The number of halogens is 1. The summed E-state index contributed by atoms with van der Waals surface area (Å²) in [5.74, 6) is 2.85. The van der Waals surface area contributed by atoms with Gasteiger partial charge in [0.2, 0.25) is 0 Å². The second-order valence-electron chi connectivity index (χ2n) is 2.41. The number of nitrogens with zero attached hydrogens (tertiary/aromatic N) is 1. The van der Waals surface area contributed by atoms with Gasteiger partial charge in [-0.15, -0.1) is 22.9 Å². The van der Waals surface area contributed by atoms with Crippen LogP contribution in [0.2, 0.25) is 0 Å². The molecule has 0 amide bonds. The first kappa shape index (κ1) is 10.4. The van der Waals surface area contributed by atoms with E-state index in [1.54, 1.807) is 11.3 Å². The third-order valence-electron chi connectivity index (χ3n) is 1.31. The van der Waals surface area contributed by atoms with Crippen LogP contribution >= 0.6 is 34.7 Å². The predicted molar refractivity (Wildman–Crippen MR) is 58.1 cm³/mol. The van der Waals surface area contributed by atoms with Crippen LogP contribution in [0.15, 0.2) is 6.20 Å². The molecule has 0 aliphatic heterocycles. The van der Waals surface area contributed by atoms with Gasteiger partial charge in [0.25, 0.3) is 0 Å². The van der Waals surface area contributed by atoms with Gasteiger partial charge in [-0.25, -0.2) is 4.98 Å². The number of alkyl halides is 1. The van der Waals surface area contributed by atoms with Crippen molar-refractivity contribution in [1.29, 1.82) is 0 Å². The molecule has 0 aliphatic carbocycles. The Morgan fingerprint density at radius 3 is 3.08 bits per heavy atom. The van der Waals surface area contributed by atoms with E-state index in [4.69, 9.17) is 11.6 Å². The molecule has 0 atom stereocenters. The van der Waals surface area contributed by atoms with E-state index in [0.29, 0.717) is 5.88 Å². The molecule has 1 nitrogen and oxygen atoms in total. The molecule has 0 N–H and O–H groups in total. The summed E-state index contributed by atoms with van der Waals surface area (Å²) >= 11 is 9.32. The third-order valence-corrected chi connectivity index (χ3v) is 4.11. The van der Waals surface area contributed by atoms with Crippen molar-refractivity contribution in [1.82, 2.24) is 4.98 Å². The van der Waals surface area contributed by atoms with Gasteiger partial charge in [-0.2, -0.15) is 11.8 Å². The Balaban J connectivity index is 2.31. The van der Waals surface area contributed by atoms with Gasteiger partial charge in [0.05, 0.1) is 5.88 Å². The van der Waals surface area contributed by atoms with Crippen LogP contribution in [0.3, 0.4) is 0 Å². The van der Waals surface area contributed by atoms with Crippen molar-refractivity contribution in [3.63, 3.8) is 0 Å². The Bertz CT molecular complexity index is 225. The molecule has 0 saturated heterocycles. The van der Waals surface area contributed by atoms with Crippen LogP contribution in [0.5, 0.6) is 0 Å². The average molecular weight is 222 g/mol. The largest absolute Gasteiger partial charge is 0.248 e. The zero-order valence-corrected chi connectivity index (χ0v) is 9.44. The summed E-state index contributed by atoms with van der Waals surface area (Å²) in [5.41, 5.74) is 0. The maximum atomic E-state index is 5.67. The monoisotopic (exact) mass is 221 g/mol. The summed E-state index contributed by atoms with van der Waals surface area (Å²) < 4.78 is 0. The Hall–Kier alpha value is 0.270. The number of aromatic nitrogens is 1. The molecule has 0 unspecified atom stereocenters. The van der Waals surface area contributed by atoms with E-state index in [9.17, 15) is 0 Å². The first-order chi connectivity index (χ1) is 5.86. The summed E-state index contributed by atoms with van der Waals surface area (Å²) in [6, 6.07) is 0. The Morgan fingerprint density at radius 1 is 1.67 bits per heavy atom. The van der Waals surface area contributed by atoms with Gasteiger partial charge >= 0.3 is 0 Å². The highest BCUT2D eigenvalue weighted by molar-refractivity contribution is 7.98. The van der Waals surface area contributed by atoms with Crippen LogP contribution in [0.4, 0.5) is 0 Å². The van der Waals surface area contributed by atoms with Gasteiger partial charge in [0, 0.05) is 16.8 Å². The molecular weight excluding hydrogens is 210 g/mol. The fourth-order valence-corrected chi connectivity index (χ4v) is 2.75. The fourth-order valence-electron chi connectivity index (χ4n) is 0.780. The number of thioether (sulfide) groups is 1. The first-order valence-electron chi connectivity index (χ1n) is 3.94. The van der Waals surface area contributed by atoms with Crippen LogP contribution in [0, 0.1) is 0 Å². The lowest BCUT2D eigenvalue weighted by Crippen LogP contribution is -1.78. The van der Waals surface area contributed by atoms with E-state index >= 15 is 0 Å². The van der Waals surface area contributed by atoms with Gasteiger partial charge in [-0.1, -0.05) is 6.92 Å². The lowest BCUT2D eigenvalue weighted by molar-refractivity contribution is 1.10. The van der Waals surface area contributed by atoms with Crippen molar-refractivity contribution in [3.8, 4) is 0 Å². The molecule has 0 radical (unpaired) electrons. The lowest BCUT2D eigenvalue weighted by Gasteiger charge is -1.93. The van der Waals surface area contributed by atoms with E-state index in [-0.39, 0.29) is 0 Å². The number of hydrogen-bond acceptors (Lipinski definition) is 3. The molecule has 68 valence electrons. The van der Waals surface area contributed by atoms with E-state index in [1.165, 1.54) is 22.1 Å². The SMILES string of the molecule is CCCSCc1ncc(CCl)s1. The summed E-state index contributed by atoms with van der Waals surface area (Å²) in [7, 11) is 0. The minimum absolute atomic E-state index is 0.593. The van der Waals surface area contributed by atoms with Gasteiger partial charge in [-0.3, -0.25) is 0 Å². The average Bonchev–Trinajstić information content (AvgIpc) is 2.53. The van der Waals surface area contributed by atoms with Crippen LogP contribution < -0.4 is 0 Å². The molecule has 0 aromatic carbocycles. The van der Waals surface area contributed by atoms with Gasteiger partial charge in [-0.05, 0) is 12.2 Å². The van der Waals surface area contributed by atoms with Crippen molar-refractivity contribution in [2.75, 3.05) is 5.75 Å². The maximum Gasteiger partial charge on any atom is 0.103 e. The van der Waals surface area contributed by atoms with E-state index in [0.717, 1.165) is 5.75 Å². The Morgan fingerprint density at radius 2 is 2.50 bits per heavy atom. The standard InChI is InChI=1S/C8H12ClNS2/c1-2-3-11-6-8-10-5-7(4-9)12-8/h5H,2-4,6H2,1H3. The van der Waals surface area contributed by atoms with Gasteiger partial charge in [0.15, 0.2) is 0 Å². The highest BCUT2D eigenvalue weighted by Gasteiger charge is 1.99. The van der Waals surface area contributed by atoms with Crippen LogP contribution in [-0.4, -0.2) is 10.7 Å². The Labute approximate surface area is 86.5 Å². The molecular formula is C8H12ClNS2. The van der Waals surface area contributed by atoms with Crippen molar-refractivity contribution in [3.05, 3.63) is 16.1 Å². The van der Waals surface area contributed by atoms with Crippen molar-refractivity contribution < 1.29 is 0 Å². The summed E-state index contributed by atoms with van der Waals surface area (Å²) in [5, 5.41) is 1.20. The zero-order valence-electron chi connectivity index (χ0n) is 7.05. The highest BCUT2D eigenvalue weighted by atomic mass is 35.5. The van der Waals surface area contributed by atoms with Gasteiger partial charge in [0.1, 0.15) is 5.01 Å². The fraction of sp³-hybridized carbons (Fsp3) is 0.625. The smallest absolute Gasteiger partial charge is 0.103 e. The summed E-state index contributed by atoms with van der Waals surface area (Å²) in [4.78, 5) is 5.44. The minimum Gasteiger partial charge on any atom is -0.248 e. The molecule has 0 saturated carbocycles. The lowest BCUT2D eigenvalue weighted by atomic mass is 10.6. The molecule has 1 rings (SSSR count). The number of hydrogen-bond donors (Lipinski definition) is 0. The van der Waals surface area contributed by atoms with E-state index in [2.05, 4.69) is 11.9 Å². The summed E-state index contributed by atoms with van der Waals surface area (Å²) in [6.45, 7) is 2.19. The summed E-state index contributed by atoms with van der Waals surface area (Å²) in [6.07, 6.45) is 3.11. The van der Waals surface area contributed by atoms with Crippen LogP contribution in [0.1, 0.15) is 23.2 Å². The molecule has 1 heterocycles. The van der Waals surface area contributed by atoms with Crippen molar-refractivity contribution in [2.24, 2.45) is 0 Å². The van der Waals surface area contributed by atoms with E-state index in [1.807, 2.05) is 18.0 Å². The molecule has 12 heavy (non-hydrogen) atoms. The molecule has 1 aromatic heterocycles. The highest BCUT2D eigenvalue weighted by Crippen LogP contribution is 2.20. The number of thiazole rings is 1. The molecule has 4 heteroatoms. The second kappa shape index (κ2) is 5.84. The molecule has 0 fully saturated rings. The third kappa shape index (κ3) is 3.33. The molecule has 0 bridgehead atoms. The topological polar surface area (TPSA) is 12.9 Å². The minimum atomic E-state index is 0.593. The quantitative estimate of drug-likeness (QED) is 0.558. The van der Waals surface area contributed by atoms with Crippen LogP contribution in [-0.2, 0) is 11.6 Å². The Kier molecular flexibility index (Phi) is 5.04. The van der Waals surface area contributed by atoms with E-state index < -0.39 is 0 Å². The molecule has 1 aromatic rings. The maximum absolute atomic E-state index is 5.67. The van der Waals surface area contributed by atoms with Crippen molar-refractivity contribution >= 4 is 34.7 Å². The normalized spacial score (nSPS) is 10.5. The van der Waals surface area contributed by atoms with Crippen molar-refractivity contribution in [2.45, 2.75) is 25.0 Å².